The lowest BCUT2D eigenvalue weighted by Gasteiger charge is -1.94. The molecule has 2 nitrogen and oxygen atoms in total. The van der Waals surface area contributed by atoms with Crippen molar-refractivity contribution in [2.45, 2.75) is 25.8 Å². The smallest absolute Gasteiger partial charge is 0.216 e. The molecule has 1 atom stereocenters. The Morgan fingerprint density at radius 3 is 2.57 bits per heavy atom. The molecule has 0 aromatic heterocycles. The summed E-state index contributed by atoms with van der Waals surface area (Å²) in [4.78, 5) is 9.64. The fourth-order valence-corrected chi connectivity index (χ4v) is 0.370. The summed E-state index contributed by atoms with van der Waals surface area (Å²) >= 11 is 0. The topological polar surface area (TPSA) is 43.1 Å². The molecule has 7 heavy (non-hydrogen) atoms. The highest BCUT2D eigenvalue weighted by molar-refractivity contribution is 5.57. The lowest BCUT2D eigenvalue weighted by molar-refractivity contribution is 0.534. The molecule has 0 aromatic rings. The zero-order valence-electron chi connectivity index (χ0n) is 4.48. The summed E-state index contributed by atoms with van der Waals surface area (Å²) in [6.07, 6.45) is 3.40. The SMILES string of the molecule is CCCC(N)[C]=O. The number of nitrogens with two attached hydrogens (primary N) is 1. The van der Waals surface area contributed by atoms with Crippen LogP contribution in [0.2, 0.25) is 0 Å². The molecule has 0 saturated carbocycles. The summed E-state index contributed by atoms with van der Waals surface area (Å²) in [7, 11) is 0. The molecule has 0 heterocycles. The molecular weight excluding hydrogens is 90.1 g/mol. The van der Waals surface area contributed by atoms with E-state index in [4.69, 9.17) is 5.73 Å². The Kier molecular flexibility index (Phi) is 3.61. The fourth-order valence-electron chi connectivity index (χ4n) is 0.370. The lowest BCUT2D eigenvalue weighted by atomic mass is 10.2. The molecule has 0 aliphatic rings. The normalized spacial score (nSPS) is 13.4. The van der Waals surface area contributed by atoms with Crippen molar-refractivity contribution in [3.63, 3.8) is 0 Å². The molecule has 0 bridgehead atoms. The van der Waals surface area contributed by atoms with Gasteiger partial charge in [0.05, 0.1) is 6.04 Å². The molecule has 2 N–H and O–H groups in total. The van der Waals surface area contributed by atoms with Crippen LogP contribution in [0.3, 0.4) is 0 Å². The molecule has 0 spiro atoms. The third kappa shape index (κ3) is 3.46. The van der Waals surface area contributed by atoms with E-state index in [9.17, 15) is 4.79 Å². The van der Waals surface area contributed by atoms with Crippen LogP contribution in [-0.4, -0.2) is 12.3 Å². The van der Waals surface area contributed by atoms with Gasteiger partial charge in [0.2, 0.25) is 6.29 Å². The van der Waals surface area contributed by atoms with Crippen molar-refractivity contribution in [2.75, 3.05) is 0 Å². The molecular formula is C5H10NO. The van der Waals surface area contributed by atoms with Crippen LogP contribution in [0.5, 0.6) is 0 Å². The highest BCUT2D eigenvalue weighted by Gasteiger charge is 1.95. The second-order valence-electron chi connectivity index (χ2n) is 1.51. The average Bonchev–Trinajstić information content (AvgIpc) is 1.68. The van der Waals surface area contributed by atoms with Crippen LogP contribution in [0.1, 0.15) is 19.8 Å². The van der Waals surface area contributed by atoms with Crippen molar-refractivity contribution in [3.05, 3.63) is 0 Å². The Hall–Kier alpha value is -0.370. The summed E-state index contributed by atoms with van der Waals surface area (Å²) in [6.45, 7) is 1.98. The molecule has 0 aliphatic heterocycles. The molecule has 0 aromatic carbocycles. The van der Waals surface area contributed by atoms with Crippen molar-refractivity contribution in [1.29, 1.82) is 0 Å². The molecule has 0 aliphatic carbocycles. The standard InChI is InChI=1S/C5H10NO/c1-2-3-5(6)4-7/h5H,2-3,6H2,1H3. The maximum Gasteiger partial charge on any atom is 0.216 e. The summed E-state index contributed by atoms with van der Waals surface area (Å²) in [5.41, 5.74) is 5.16. The first-order valence-electron chi connectivity index (χ1n) is 2.44. The Bertz CT molecular complexity index is 54.0. The summed E-state index contributed by atoms with van der Waals surface area (Å²) in [6, 6.07) is -0.356. The third-order valence-corrected chi connectivity index (χ3v) is 0.751. The van der Waals surface area contributed by atoms with Gasteiger partial charge in [0.15, 0.2) is 0 Å². The van der Waals surface area contributed by atoms with E-state index in [0.717, 1.165) is 12.8 Å². The maximum absolute atomic E-state index is 9.64. The summed E-state index contributed by atoms with van der Waals surface area (Å²) in [5.74, 6) is 0. The zero-order valence-corrected chi connectivity index (χ0v) is 4.48. The largest absolute Gasteiger partial charge is 0.321 e. The van der Waals surface area contributed by atoms with Crippen molar-refractivity contribution < 1.29 is 4.79 Å². The van der Waals surface area contributed by atoms with E-state index in [1.807, 2.05) is 6.92 Å². The molecule has 2 heteroatoms. The van der Waals surface area contributed by atoms with Crippen LogP contribution in [0, 0.1) is 0 Å². The first-order valence-corrected chi connectivity index (χ1v) is 2.44. The van der Waals surface area contributed by atoms with Crippen molar-refractivity contribution in [1.82, 2.24) is 0 Å². The zero-order chi connectivity index (χ0) is 5.70. The molecule has 0 rings (SSSR count). The minimum atomic E-state index is -0.356. The van der Waals surface area contributed by atoms with Crippen LogP contribution in [-0.2, 0) is 4.79 Å². The Morgan fingerprint density at radius 1 is 1.86 bits per heavy atom. The van der Waals surface area contributed by atoms with Crippen LogP contribution in [0.15, 0.2) is 0 Å². The van der Waals surface area contributed by atoms with Gasteiger partial charge in [-0.25, -0.2) is 0 Å². The minimum absolute atomic E-state index is 0.356. The van der Waals surface area contributed by atoms with Gasteiger partial charge < -0.3 is 5.73 Å². The van der Waals surface area contributed by atoms with E-state index >= 15 is 0 Å². The minimum Gasteiger partial charge on any atom is -0.321 e. The number of carbonyl (C=O) groups excluding carboxylic acids is 1. The fraction of sp³-hybridized carbons (Fsp3) is 0.800. The van der Waals surface area contributed by atoms with Crippen LogP contribution in [0.25, 0.3) is 0 Å². The maximum atomic E-state index is 9.64. The average molecular weight is 100 g/mol. The quantitative estimate of drug-likeness (QED) is 0.551. The first kappa shape index (κ1) is 6.63. The summed E-state index contributed by atoms with van der Waals surface area (Å²) < 4.78 is 0. The van der Waals surface area contributed by atoms with Crippen LogP contribution >= 0.6 is 0 Å². The van der Waals surface area contributed by atoms with E-state index in [0.29, 0.717) is 0 Å². The molecule has 1 radical (unpaired) electrons. The van der Waals surface area contributed by atoms with Gasteiger partial charge in [-0.05, 0) is 6.42 Å². The van der Waals surface area contributed by atoms with Gasteiger partial charge in [-0.2, -0.15) is 0 Å². The molecule has 0 amide bonds. The predicted octanol–water partition coefficient (Wildman–Crippen LogP) is 0.224. The van der Waals surface area contributed by atoms with E-state index in [1.165, 1.54) is 0 Å². The van der Waals surface area contributed by atoms with E-state index in [-0.39, 0.29) is 6.04 Å². The Morgan fingerprint density at radius 2 is 2.43 bits per heavy atom. The highest BCUT2D eigenvalue weighted by atomic mass is 16.1. The van der Waals surface area contributed by atoms with E-state index < -0.39 is 0 Å². The molecule has 41 valence electrons. The monoisotopic (exact) mass is 100 g/mol. The second-order valence-corrected chi connectivity index (χ2v) is 1.51. The molecule has 1 unspecified atom stereocenters. The second kappa shape index (κ2) is 3.81. The predicted molar refractivity (Wildman–Crippen MR) is 28.6 cm³/mol. The molecule has 0 saturated heterocycles. The van der Waals surface area contributed by atoms with E-state index in [2.05, 4.69) is 0 Å². The van der Waals surface area contributed by atoms with Gasteiger partial charge in [0.25, 0.3) is 0 Å². The lowest BCUT2D eigenvalue weighted by Crippen LogP contribution is -2.20. The Balaban J connectivity index is 2.98. The van der Waals surface area contributed by atoms with Gasteiger partial charge in [-0.1, -0.05) is 13.3 Å². The van der Waals surface area contributed by atoms with E-state index in [1.54, 1.807) is 6.29 Å². The first-order chi connectivity index (χ1) is 3.31. The Labute approximate surface area is 43.7 Å². The van der Waals surface area contributed by atoms with Gasteiger partial charge in [0.1, 0.15) is 0 Å². The molecule has 0 fully saturated rings. The van der Waals surface area contributed by atoms with Crippen molar-refractivity contribution >= 4 is 6.29 Å². The van der Waals surface area contributed by atoms with Gasteiger partial charge >= 0.3 is 0 Å². The highest BCUT2D eigenvalue weighted by Crippen LogP contribution is 1.87. The number of rotatable bonds is 3. The van der Waals surface area contributed by atoms with Crippen LogP contribution in [0.4, 0.5) is 0 Å². The number of hydrogen-bond acceptors (Lipinski definition) is 2. The van der Waals surface area contributed by atoms with Gasteiger partial charge in [-0.3, -0.25) is 4.79 Å². The van der Waals surface area contributed by atoms with Gasteiger partial charge in [-0.15, -0.1) is 0 Å². The van der Waals surface area contributed by atoms with Crippen molar-refractivity contribution in [3.8, 4) is 0 Å². The number of hydrogen-bond donors (Lipinski definition) is 1. The van der Waals surface area contributed by atoms with Crippen LogP contribution < -0.4 is 5.73 Å². The van der Waals surface area contributed by atoms with Crippen molar-refractivity contribution in [2.24, 2.45) is 5.73 Å². The van der Waals surface area contributed by atoms with Gasteiger partial charge in [0, 0.05) is 0 Å². The third-order valence-electron chi connectivity index (χ3n) is 0.751. The summed E-state index contributed by atoms with van der Waals surface area (Å²) in [5, 5.41) is 0.